The Balaban J connectivity index is 1.09. The van der Waals surface area contributed by atoms with Gasteiger partial charge in [-0.15, -0.1) is 0 Å². The Kier molecular flexibility index (Phi) is 6.98. The van der Waals surface area contributed by atoms with Gasteiger partial charge < -0.3 is 4.57 Å². The van der Waals surface area contributed by atoms with Crippen LogP contribution in [0.2, 0.25) is 0 Å². The number of fused-ring (bicyclic) bond motifs is 12. The fraction of sp³-hybridized carbons (Fsp3) is 0. The first-order valence-corrected chi connectivity index (χ1v) is 20.5. The van der Waals surface area contributed by atoms with Gasteiger partial charge in [-0.05, 0) is 92.0 Å². The Bertz CT molecular complexity index is 3890. The molecule has 13 rings (SSSR count). The second-order valence-corrected chi connectivity index (χ2v) is 15.7. The van der Waals surface area contributed by atoms with E-state index in [4.69, 9.17) is 9.97 Å². The van der Waals surface area contributed by atoms with Gasteiger partial charge >= 0.3 is 0 Å². The summed E-state index contributed by atoms with van der Waals surface area (Å²) < 4.78 is 4.68. The molecular formula is C56H34N4. The molecule has 13 aromatic rings. The first-order chi connectivity index (χ1) is 29.8. The van der Waals surface area contributed by atoms with Crippen LogP contribution in [0, 0.1) is 0 Å². The molecule has 0 N–H and O–H groups in total. The lowest BCUT2D eigenvalue weighted by Gasteiger charge is -2.14. The SMILES string of the molecule is c1ccc(-n2c3ccccc3c3ccc(-c4cc5c(c6ccccc46)c4ccccc4n5-c4nc(-c5ccc6c(ccc7ccccc76)c5)c5ccccc5n4)cc32)cc1. The number of para-hydroxylation sites is 4. The van der Waals surface area contributed by atoms with E-state index in [0.29, 0.717) is 5.95 Å². The molecule has 0 radical (unpaired) electrons. The highest BCUT2D eigenvalue weighted by atomic mass is 15.2. The predicted octanol–water partition coefficient (Wildman–Crippen LogP) is 14.6. The molecule has 0 aliphatic carbocycles. The molecule has 0 atom stereocenters. The van der Waals surface area contributed by atoms with E-state index in [-0.39, 0.29) is 0 Å². The Morgan fingerprint density at radius 2 is 0.917 bits per heavy atom. The summed E-state index contributed by atoms with van der Waals surface area (Å²) in [5.74, 6) is 0.648. The Morgan fingerprint density at radius 1 is 0.317 bits per heavy atom. The zero-order chi connectivity index (χ0) is 39.3. The van der Waals surface area contributed by atoms with Gasteiger partial charge in [0.1, 0.15) is 0 Å². The molecule has 4 nitrogen and oxygen atoms in total. The molecule has 0 aliphatic rings. The quantitative estimate of drug-likeness (QED) is 0.167. The van der Waals surface area contributed by atoms with Crippen molar-refractivity contribution < 1.29 is 0 Å². The van der Waals surface area contributed by atoms with Crippen molar-refractivity contribution in [2.75, 3.05) is 0 Å². The van der Waals surface area contributed by atoms with Crippen molar-refractivity contribution >= 4 is 86.8 Å². The van der Waals surface area contributed by atoms with E-state index in [9.17, 15) is 0 Å². The Labute approximate surface area is 344 Å². The number of rotatable bonds is 4. The molecule has 3 aromatic heterocycles. The fourth-order valence-electron chi connectivity index (χ4n) is 9.82. The molecule has 4 heteroatoms. The summed E-state index contributed by atoms with van der Waals surface area (Å²) in [5, 5.41) is 13.2. The average Bonchev–Trinajstić information content (AvgIpc) is 3.83. The third kappa shape index (κ3) is 4.79. The molecule has 0 bridgehead atoms. The molecule has 0 fully saturated rings. The number of benzene rings is 10. The third-order valence-electron chi connectivity index (χ3n) is 12.5. The van der Waals surface area contributed by atoms with Crippen LogP contribution in [0.25, 0.3) is 121 Å². The van der Waals surface area contributed by atoms with Gasteiger partial charge in [-0.3, -0.25) is 4.57 Å². The van der Waals surface area contributed by atoms with Gasteiger partial charge in [-0.1, -0.05) is 158 Å². The van der Waals surface area contributed by atoms with E-state index in [1.807, 2.05) is 0 Å². The summed E-state index contributed by atoms with van der Waals surface area (Å²) in [5.41, 5.74) is 10.9. The standard InChI is InChI=1S/C56H34N4/c1-2-15-39(16-3-1)59-50-24-12-9-19-43(50)44-31-28-37(33-52(44)59)48-34-53-54(45-20-7-6-18-42(45)48)47-22-10-13-25-51(47)60(53)56-57-49-23-11-8-21-46(49)55(58-56)38-29-30-41-36(32-38)27-26-35-14-4-5-17-40(35)41/h1-34H. The summed E-state index contributed by atoms with van der Waals surface area (Å²) in [6.45, 7) is 0. The first-order valence-electron chi connectivity index (χ1n) is 20.5. The molecule has 0 amide bonds. The van der Waals surface area contributed by atoms with E-state index in [0.717, 1.165) is 50.0 Å². The van der Waals surface area contributed by atoms with Crippen LogP contribution in [0.1, 0.15) is 0 Å². The molecule has 60 heavy (non-hydrogen) atoms. The molecular weight excluding hydrogens is 729 g/mol. The van der Waals surface area contributed by atoms with Crippen molar-refractivity contribution in [1.82, 2.24) is 19.1 Å². The lowest BCUT2D eigenvalue weighted by atomic mass is 9.94. The number of aromatic nitrogens is 4. The van der Waals surface area contributed by atoms with Crippen molar-refractivity contribution in [3.05, 3.63) is 206 Å². The Morgan fingerprint density at radius 3 is 1.77 bits per heavy atom. The summed E-state index contributed by atoms with van der Waals surface area (Å²) in [6.07, 6.45) is 0. The van der Waals surface area contributed by atoms with Crippen LogP contribution in [0.4, 0.5) is 0 Å². The summed E-state index contributed by atoms with van der Waals surface area (Å²) in [6, 6.07) is 74.4. The van der Waals surface area contributed by atoms with Gasteiger partial charge in [0.15, 0.2) is 0 Å². The molecule has 10 aromatic carbocycles. The van der Waals surface area contributed by atoms with Crippen LogP contribution >= 0.6 is 0 Å². The second-order valence-electron chi connectivity index (χ2n) is 15.7. The summed E-state index contributed by atoms with van der Waals surface area (Å²) in [4.78, 5) is 10.9. The van der Waals surface area contributed by atoms with E-state index in [1.165, 1.54) is 64.9 Å². The maximum Gasteiger partial charge on any atom is 0.235 e. The predicted molar refractivity (Wildman–Crippen MR) is 252 cm³/mol. The van der Waals surface area contributed by atoms with E-state index >= 15 is 0 Å². The van der Waals surface area contributed by atoms with Gasteiger partial charge in [0.2, 0.25) is 5.95 Å². The number of nitrogens with zero attached hydrogens (tertiary/aromatic N) is 4. The minimum Gasteiger partial charge on any atom is -0.309 e. The van der Waals surface area contributed by atoms with Crippen molar-refractivity contribution in [2.24, 2.45) is 0 Å². The summed E-state index contributed by atoms with van der Waals surface area (Å²) in [7, 11) is 0. The first kappa shape index (κ1) is 32.9. The topological polar surface area (TPSA) is 35.6 Å². The number of hydrogen-bond acceptors (Lipinski definition) is 2. The van der Waals surface area contributed by atoms with E-state index < -0.39 is 0 Å². The fourth-order valence-corrected chi connectivity index (χ4v) is 9.82. The lowest BCUT2D eigenvalue weighted by molar-refractivity contribution is 1.01. The maximum atomic E-state index is 5.52. The van der Waals surface area contributed by atoms with Crippen LogP contribution in [-0.4, -0.2) is 19.1 Å². The van der Waals surface area contributed by atoms with Crippen LogP contribution < -0.4 is 0 Å². The third-order valence-corrected chi connectivity index (χ3v) is 12.5. The molecule has 0 spiro atoms. The zero-order valence-electron chi connectivity index (χ0n) is 32.4. The molecule has 0 unspecified atom stereocenters. The minimum absolute atomic E-state index is 0.648. The van der Waals surface area contributed by atoms with Crippen molar-refractivity contribution in [3.8, 4) is 34.0 Å². The molecule has 278 valence electrons. The smallest absolute Gasteiger partial charge is 0.235 e. The van der Waals surface area contributed by atoms with Crippen LogP contribution in [0.5, 0.6) is 0 Å². The average molecular weight is 763 g/mol. The van der Waals surface area contributed by atoms with Crippen LogP contribution in [0.15, 0.2) is 206 Å². The monoisotopic (exact) mass is 762 g/mol. The van der Waals surface area contributed by atoms with Gasteiger partial charge in [-0.2, -0.15) is 0 Å². The van der Waals surface area contributed by atoms with Gasteiger partial charge in [0.25, 0.3) is 0 Å². The maximum absolute atomic E-state index is 5.52. The lowest BCUT2D eigenvalue weighted by Crippen LogP contribution is -2.03. The van der Waals surface area contributed by atoms with Crippen molar-refractivity contribution in [1.29, 1.82) is 0 Å². The van der Waals surface area contributed by atoms with Gasteiger partial charge in [-0.25, -0.2) is 9.97 Å². The van der Waals surface area contributed by atoms with E-state index in [1.54, 1.807) is 0 Å². The van der Waals surface area contributed by atoms with Crippen LogP contribution in [0.3, 0.4) is 0 Å². The summed E-state index contributed by atoms with van der Waals surface area (Å²) >= 11 is 0. The molecule has 3 heterocycles. The zero-order valence-corrected chi connectivity index (χ0v) is 32.4. The molecule has 0 saturated heterocycles. The molecule has 0 aliphatic heterocycles. The second kappa shape index (κ2) is 12.7. The van der Waals surface area contributed by atoms with Crippen molar-refractivity contribution in [2.45, 2.75) is 0 Å². The molecule has 0 saturated carbocycles. The largest absolute Gasteiger partial charge is 0.309 e. The highest BCUT2D eigenvalue weighted by Crippen LogP contribution is 2.43. The van der Waals surface area contributed by atoms with E-state index in [2.05, 4.69) is 215 Å². The normalized spacial score (nSPS) is 12.0. The van der Waals surface area contributed by atoms with Crippen molar-refractivity contribution in [3.63, 3.8) is 0 Å². The minimum atomic E-state index is 0.648. The van der Waals surface area contributed by atoms with Crippen LogP contribution in [-0.2, 0) is 0 Å². The van der Waals surface area contributed by atoms with Gasteiger partial charge in [0.05, 0.1) is 33.3 Å². The Hall–Kier alpha value is -8.08. The highest BCUT2D eigenvalue weighted by Gasteiger charge is 2.22. The number of hydrogen-bond donors (Lipinski definition) is 0. The van der Waals surface area contributed by atoms with Gasteiger partial charge in [0, 0.05) is 38.2 Å². The highest BCUT2D eigenvalue weighted by molar-refractivity contribution is 6.24.